The van der Waals surface area contributed by atoms with Gasteiger partial charge in [-0.15, -0.1) is 12.6 Å². The number of nitrogens with two attached hydrogens (primary N) is 1. The smallest absolute Gasteiger partial charge is 0.162 e. The van der Waals surface area contributed by atoms with E-state index in [0.29, 0.717) is 42.4 Å². The lowest BCUT2D eigenvalue weighted by Crippen LogP contribution is -2.39. The number of nitrogens with one attached hydrogen (secondary N) is 1. The fraction of sp³-hybridized carbons (Fsp3) is 0.409. The molecule has 1 saturated heterocycles. The van der Waals surface area contributed by atoms with Crippen molar-refractivity contribution in [2.24, 2.45) is 20.9 Å². The van der Waals surface area contributed by atoms with Crippen LogP contribution in [0.3, 0.4) is 0 Å². The molecule has 1 aliphatic rings. The molecule has 32 heavy (non-hydrogen) atoms. The van der Waals surface area contributed by atoms with Crippen molar-refractivity contribution in [2.45, 2.75) is 20.3 Å². The molecule has 0 saturated carbocycles. The molecule has 0 aromatic carbocycles. The summed E-state index contributed by atoms with van der Waals surface area (Å²) in [5, 5.41) is 15.9. The SMILES string of the molecule is C=C(/C=N\N)C(=C\C=C/CC)/C(=N/C(/C=C/SNCCO)=C/S)/N=C(\C)N1CCOCC1. The first-order chi connectivity index (χ1) is 15.6. The van der Waals surface area contributed by atoms with Crippen molar-refractivity contribution in [3.8, 4) is 0 Å². The van der Waals surface area contributed by atoms with E-state index in [-0.39, 0.29) is 6.61 Å². The number of hydrogen-bond acceptors (Lipinski definition) is 8. The second kappa shape index (κ2) is 17.4. The largest absolute Gasteiger partial charge is 0.395 e. The third-order valence-electron chi connectivity index (χ3n) is 4.16. The van der Waals surface area contributed by atoms with E-state index in [9.17, 15) is 0 Å². The van der Waals surface area contributed by atoms with Crippen LogP contribution in [0.1, 0.15) is 20.3 Å². The van der Waals surface area contributed by atoms with Gasteiger partial charge in [0.15, 0.2) is 5.84 Å². The molecule has 0 unspecified atom stereocenters. The molecule has 1 fully saturated rings. The van der Waals surface area contributed by atoms with Crippen LogP contribution < -0.4 is 10.6 Å². The van der Waals surface area contributed by atoms with Gasteiger partial charge in [-0.1, -0.05) is 43.7 Å². The summed E-state index contributed by atoms with van der Waals surface area (Å²) in [5.41, 5.74) is 1.89. The zero-order valence-electron chi connectivity index (χ0n) is 18.8. The van der Waals surface area contributed by atoms with E-state index < -0.39 is 0 Å². The van der Waals surface area contributed by atoms with E-state index in [2.05, 4.69) is 40.9 Å². The van der Waals surface area contributed by atoms with Crippen LogP contribution in [0.2, 0.25) is 0 Å². The minimum absolute atomic E-state index is 0.0676. The molecule has 8 nitrogen and oxygen atoms in total. The van der Waals surface area contributed by atoms with Gasteiger partial charge in [-0.05, 0) is 35.8 Å². The molecule has 1 rings (SSSR count). The van der Waals surface area contributed by atoms with Gasteiger partial charge in [-0.2, -0.15) is 5.10 Å². The minimum Gasteiger partial charge on any atom is -0.395 e. The fourth-order valence-electron chi connectivity index (χ4n) is 2.53. The summed E-state index contributed by atoms with van der Waals surface area (Å²) in [6, 6.07) is 0. The Bertz CT molecular complexity index is 794. The van der Waals surface area contributed by atoms with Gasteiger partial charge in [0.2, 0.25) is 0 Å². The second-order valence-corrected chi connectivity index (χ2v) is 7.56. The molecule has 10 heteroatoms. The molecule has 1 heterocycles. The van der Waals surface area contributed by atoms with E-state index in [4.69, 9.17) is 25.7 Å². The van der Waals surface area contributed by atoms with E-state index in [0.717, 1.165) is 25.3 Å². The molecule has 0 amide bonds. The van der Waals surface area contributed by atoms with E-state index in [1.165, 1.54) is 18.2 Å². The first kappa shape index (κ1) is 27.9. The average molecular weight is 479 g/mol. The predicted molar refractivity (Wildman–Crippen MR) is 141 cm³/mol. The summed E-state index contributed by atoms with van der Waals surface area (Å²) >= 11 is 5.66. The Morgan fingerprint density at radius 1 is 1.34 bits per heavy atom. The molecule has 0 bridgehead atoms. The molecule has 0 aliphatic carbocycles. The number of aliphatic imine (C=N–C) groups is 2. The zero-order valence-corrected chi connectivity index (χ0v) is 20.5. The molecular formula is C22H34N6O2S2. The highest BCUT2D eigenvalue weighted by Crippen LogP contribution is 2.16. The van der Waals surface area contributed by atoms with Gasteiger partial charge in [-0.3, -0.25) is 4.72 Å². The Labute approximate surface area is 201 Å². The summed E-state index contributed by atoms with van der Waals surface area (Å²) in [6.45, 7) is 11.5. The van der Waals surface area contributed by atoms with Crippen LogP contribution in [-0.2, 0) is 4.74 Å². The molecule has 176 valence electrons. The van der Waals surface area contributed by atoms with Crippen molar-refractivity contribution in [1.29, 1.82) is 0 Å². The number of thiol groups is 1. The summed E-state index contributed by atoms with van der Waals surface area (Å²) in [7, 11) is 0. The molecule has 1 aliphatic heterocycles. The maximum atomic E-state index is 8.87. The van der Waals surface area contributed by atoms with Crippen LogP contribution in [0.4, 0.5) is 0 Å². The number of ether oxygens (including phenoxy) is 1. The molecule has 0 aromatic rings. The number of morpholine rings is 1. The monoisotopic (exact) mass is 478 g/mol. The first-order valence-electron chi connectivity index (χ1n) is 10.3. The third-order valence-corrected chi connectivity index (χ3v) is 5.07. The third kappa shape index (κ3) is 11.0. The summed E-state index contributed by atoms with van der Waals surface area (Å²) in [5.74, 6) is 6.68. The molecule has 4 N–H and O–H groups in total. The van der Waals surface area contributed by atoms with Crippen LogP contribution in [0, 0.1) is 0 Å². The van der Waals surface area contributed by atoms with Gasteiger partial charge < -0.3 is 20.6 Å². The normalized spacial score (nSPS) is 17.3. The zero-order chi connectivity index (χ0) is 23.6. The summed E-state index contributed by atoms with van der Waals surface area (Å²) in [6.07, 6.45) is 10.1. The summed E-state index contributed by atoms with van der Waals surface area (Å²) < 4.78 is 8.45. The number of rotatable bonds is 11. The lowest BCUT2D eigenvalue weighted by Gasteiger charge is -2.28. The lowest BCUT2D eigenvalue weighted by atomic mass is 10.1. The number of allylic oxidation sites excluding steroid dienone is 4. The van der Waals surface area contributed by atoms with Crippen LogP contribution in [0.25, 0.3) is 0 Å². The Balaban J connectivity index is 3.38. The number of hydrazone groups is 1. The number of aliphatic hydroxyl groups excluding tert-OH is 1. The van der Waals surface area contributed by atoms with Crippen molar-refractivity contribution >= 4 is 42.5 Å². The van der Waals surface area contributed by atoms with Gasteiger partial charge in [0.05, 0.1) is 31.7 Å². The Hall–Kier alpha value is -2.11. The highest BCUT2D eigenvalue weighted by molar-refractivity contribution is 8.00. The first-order valence-corrected chi connectivity index (χ1v) is 11.7. The van der Waals surface area contributed by atoms with Gasteiger partial charge in [0, 0.05) is 25.2 Å². The second-order valence-electron chi connectivity index (χ2n) is 6.51. The summed E-state index contributed by atoms with van der Waals surface area (Å²) in [4.78, 5) is 11.7. The molecule has 0 radical (unpaired) electrons. The highest BCUT2D eigenvalue weighted by atomic mass is 32.2. The predicted octanol–water partition coefficient (Wildman–Crippen LogP) is 3.04. The van der Waals surface area contributed by atoms with Gasteiger partial charge >= 0.3 is 0 Å². The van der Waals surface area contributed by atoms with Gasteiger partial charge in [0.1, 0.15) is 5.84 Å². The standard InChI is InChI=1S/C22H34N6O2S2/c1-4-5-6-7-21(18(2)16-24-23)22(26-19(3)28-10-13-30-14-11-28)27-20(17-31)8-15-32-25-9-12-29/h5-8,15-17,25,29,31H,2,4,9-14,23H2,1,3H3/b6-5-,15-8+,20-17+,21-7+,24-16-,26-19+,27-22-. The van der Waals surface area contributed by atoms with Crippen molar-refractivity contribution in [3.05, 3.63) is 58.5 Å². The molecule has 0 spiro atoms. The van der Waals surface area contributed by atoms with Crippen molar-refractivity contribution in [2.75, 3.05) is 39.5 Å². The Kier molecular flexibility index (Phi) is 15.2. The van der Waals surface area contributed by atoms with Crippen LogP contribution in [0.5, 0.6) is 0 Å². The number of hydrogen-bond donors (Lipinski definition) is 4. The Morgan fingerprint density at radius 2 is 2.09 bits per heavy atom. The maximum Gasteiger partial charge on any atom is 0.162 e. The number of nitrogens with zero attached hydrogens (tertiary/aromatic N) is 4. The quantitative estimate of drug-likeness (QED) is 0.0531. The van der Waals surface area contributed by atoms with Crippen molar-refractivity contribution < 1.29 is 9.84 Å². The minimum atomic E-state index is 0.0676. The van der Waals surface area contributed by atoms with Crippen LogP contribution >= 0.6 is 24.6 Å². The van der Waals surface area contributed by atoms with Crippen LogP contribution in [0.15, 0.2) is 73.6 Å². The van der Waals surface area contributed by atoms with Crippen molar-refractivity contribution in [1.82, 2.24) is 9.62 Å². The maximum absolute atomic E-state index is 8.87. The van der Waals surface area contributed by atoms with Crippen molar-refractivity contribution in [3.63, 3.8) is 0 Å². The van der Waals surface area contributed by atoms with Gasteiger partial charge in [0.25, 0.3) is 0 Å². The van der Waals surface area contributed by atoms with Crippen LogP contribution in [-0.4, -0.2) is 67.3 Å². The average Bonchev–Trinajstić information content (AvgIpc) is 2.81. The van der Waals surface area contributed by atoms with E-state index >= 15 is 0 Å². The number of amidine groups is 2. The fourth-order valence-corrected chi connectivity index (χ4v) is 3.19. The topological polar surface area (TPSA) is 108 Å². The Morgan fingerprint density at radius 3 is 2.72 bits per heavy atom. The molecule has 0 aromatic heterocycles. The van der Waals surface area contributed by atoms with Gasteiger partial charge in [-0.25, -0.2) is 9.98 Å². The molecule has 0 atom stereocenters. The lowest BCUT2D eigenvalue weighted by molar-refractivity contribution is 0.0679. The number of aliphatic hydroxyl groups is 1. The highest BCUT2D eigenvalue weighted by Gasteiger charge is 2.15. The molecular weight excluding hydrogens is 444 g/mol. The van der Waals surface area contributed by atoms with E-state index in [1.807, 2.05) is 30.6 Å². The van der Waals surface area contributed by atoms with E-state index in [1.54, 1.807) is 11.5 Å².